The summed E-state index contributed by atoms with van der Waals surface area (Å²) in [4.78, 5) is 13.3. The van der Waals surface area contributed by atoms with Crippen LogP contribution >= 0.6 is 0 Å². The largest absolute Gasteiger partial charge is 0.276 e. The zero-order chi connectivity index (χ0) is 15.5. The lowest BCUT2D eigenvalue weighted by atomic mass is 10.2. The van der Waals surface area contributed by atoms with Gasteiger partial charge >= 0.3 is 0 Å². The van der Waals surface area contributed by atoms with Gasteiger partial charge in [0, 0.05) is 12.4 Å². The van der Waals surface area contributed by atoms with Crippen LogP contribution in [0.1, 0.15) is 11.4 Å². The van der Waals surface area contributed by atoms with E-state index in [0.29, 0.717) is 0 Å². The first kappa shape index (κ1) is 13.4. The Hall–Kier alpha value is -3.27. The van der Waals surface area contributed by atoms with Gasteiger partial charge in [-0.2, -0.15) is 0 Å². The maximum Gasteiger partial charge on any atom is 0.157 e. The van der Waals surface area contributed by atoms with Crippen molar-refractivity contribution in [3.63, 3.8) is 0 Å². The predicted molar refractivity (Wildman–Crippen MR) is 92.0 cm³/mol. The molecular weight excluding hydrogens is 284 g/mol. The Morgan fingerprint density at radius 2 is 1.65 bits per heavy atom. The van der Waals surface area contributed by atoms with Crippen molar-refractivity contribution in [3.05, 3.63) is 84.6 Å². The summed E-state index contributed by atoms with van der Waals surface area (Å²) in [6, 6.07) is 18.2. The van der Waals surface area contributed by atoms with Crippen LogP contribution in [-0.2, 0) is 0 Å². The van der Waals surface area contributed by atoms with E-state index in [1.165, 1.54) is 0 Å². The van der Waals surface area contributed by atoms with Gasteiger partial charge in [0.15, 0.2) is 5.82 Å². The highest BCUT2D eigenvalue weighted by molar-refractivity contribution is 5.81. The molecule has 4 rings (SSSR count). The Kier molecular flexibility index (Phi) is 3.41. The van der Waals surface area contributed by atoms with Crippen LogP contribution in [0.25, 0.3) is 29.0 Å². The number of rotatable bonds is 3. The maximum atomic E-state index is 4.71. The summed E-state index contributed by atoms with van der Waals surface area (Å²) in [5.74, 6) is 1.59. The fraction of sp³-hybridized carbons (Fsp3) is 0. The van der Waals surface area contributed by atoms with E-state index in [0.717, 1.165) is 28.2 Å². The van der Waals surface area contributed by atoms with E-state index in [9.17, 15) is 0 Å². The Labute approximate surface area is 133 Å². The maximum absolute atomic E-state index is 4.71. The van der Waals surface area contributed by atoms with Gasteiger partial charge in [0.2, 0.25) is 0 Å². The van der Waals surface area contributed by atoms with Crippen LogP contribution in [0.15, 0.2) is 73.2 Å². The Morgan fingerprint density at radius 3 is 2.48 bits per heavy atom. The normalized spacial score (nSPS) is 11.3. The van der Waals surface area contributed by atoms with Crippen molar-refractivity contribution in [2.45, 2.75) is 0 Å². The minimum Gasteiger partial charge on any atom is -0.276 e. The second-order valence-electron chi connectivity index (χ2n) is 5.10. The molecule has 0 atom stereocenters. The summed E-state index contributed by atoms with van der Waals surface area (Å²) in [6.45, 7) is 0. The molecule has 0 N–H and O–H groups in total. The zero-order valence-corrected chi connectivity index (χ0v) is 12.4. The van der Waals surface area contributed by atoms with E-state index in [-0.39, 0.29) is 0 Å². The van der Waals surface area contributed by atoms with Gasteiger partial charge in [-0.3, -0.25) is 9.55 Å². The third kappa shape index (κ3) is 2.62. The van der Waals surface area contributed by atoms with Gasteiger partial charge in [-0.05, 0) is 23.8 Å². The fourth-order valence-electron chi connectivity index (χ4n) is 2.54. The summed E-state index contributed by atoms with van der Waals surface area (Å²) in [5.41, 5.74) is 3.08. The highest BCUT2D eigenvalue weighted by Crippen LogP contribution is 2.21. The van der Waals surface area contributed by atoms with E-state index in [4.69, 9.17) is 4.98 Å². The van der Waals surface area contributed by atoms with Gasteiger partial charge in [-0.1, -0.05) is 48.5 Å². The molecule has 110 valence electrons. The molecule has 0 saturated carbocycles. The molecule has 0 fully saturated rings. The average molecular weight is 298 g/mol. The van der Waals surface area contributed by atoms with E-state index in [1.54, 1.807) is 18.6 Å². The van der Waals surface area contributed by atoms with Gasteiger partial charge in [0.25, 0.3) is 0 Å². The van der Waals surface area contributed by atoms with Crippen LogP contribution in [-0.4, -0.2) is 19.5 Å². The van der Waals surface area contributed by atoms with Crippen molar-refractivity contribution in [1.82, 2.24) is 19.5 Å². The molecule has 0 spiro atoms. The lowest BCUT2D eigenvalue weighted by molar-refractivity contribution is 0.982. The molecule has 4 nitrogen and oxygen atoms in total. The summed E-state index contributed by atoms with van der Waals surface area (Å²) in [6.07, 6.45) is 9.16. The third-order valence-electron chi connectivity index (χ3n) is 3.59. The summed E-state index contributed by atoms with van der Waals surface area (Å²) in [7, 11) is 0. The van der Waals surface area contributed by atoms with Crippen LogP contribution in [0.3, 0.4) is 0 Å². The summed E-state index contributed by atoms with van der Waals surface area (Å²) in [5, 5.41) is 0. The van der Waals surface area contributed by atoms with Crippen LogP contribution < -0.4 is 0 Å². The number of aromatic nitrogens is 4. The number of imidazole rings is 1. The van der Waals surface area contributed by atoms with Crippen LogP contribution in [0.2, 0.25) is 0 Å². The predicted octanol–water partition coefficient (Wildman–Crippen LogP) is 3.99. The van der Waals surface area contributed by atoms with E-state index >= 15 is 0 Å². The average Bonchev–Trinajstić information content (AvgIpc) is 3.00. The first-order valence-corrected chi connectivity index (χ1v) is 7.39. The van der Waals surface area contributed by atoms with Crippen LogP contribution in [0.5, 0.6) is 0 Å². The van der Waals surface area contributed by atoms with Crippen LogP contribution in [0.4, 0.5) is 0 Å². The highest BCUT2D eigenvalue weighted by Gasteiger charge is 2.10. The van der Waals surface area contributed by atoms with E-state index in [2.05, 4.69) is 22.1 Å². The standard InChI is InChI=1S/C19H14N4/c1-2-6-15(7-3-1)10-11-18-22-16-8-4-5-9-17(16)23(18)19-14-20-12-13-21-19/h1-14H. The van der Waals surface area contributed by atoms with E-state index < -0.39 is 0 Å². The van der Waals surface area contributed by atoms with Gasteiger partial charge in [0.05, 0.1) is 17.2 Å². The Bertz CT molecular complexity index is 957. The number of fused-ring (bicyclic) bond motifs is 1. The molecule has 0 saturated heterocycles. The summed E-state index contributed by atoms with van der Waals surface area (Å²) < 4.78 is 2.02. The lowest BCUT2D eigenvalue weighted by Crippen LogP contribution is -2.00. The summed E-state index contributed by atoms with van der Waals surface area (Å²) >= 11 is 0. The van der Waals surface area contributed by atoms with Crippen molar-refractivity contribution in [2.24, 2.45) is 0 Å². The molecule has 0 radical (unpaired) electrons. The van der Waals surface area contributed by atoms with Gasteiger partial charge < -0.3 is 0 Å². The van der Waals surface area contributed by atoms with Crippen molar-refractivity contribution in [2.75, 3.05) is 0 Å². The van der Waals surface area contributed by atoms with Gasteiger partial charge in [0.1, 0.15) is 5.82 Å². The second-order valence-corrected chi connectivity index (χ2v) is 5.10. The van der Waals surface area contributed by atoms with Crippen molar-refractivity contribution in [1.29, 1.82) is 0 Å². The molecule has 0 unspecified atom stereocenters. The molecule has 0 bridgehead atoms. The molecule has 4 heteroatoms. The van der Waals surface area contributed by atoms with Gasteiger partial charge in [-0.25, -0.2) is 9.97 Å². The number of benzene rings is 2. The minimum atomic E-state index is 0.758. The molecule has 0 aliphatic heterocycles. The zero-order valence-electron chi connectivity index (χ0n) is 12.4. The minimum absolute atomic E-state index is 0.758. The first-order chi connectivity index (χ1) is 11.4. The molecule has 0 aliphatic rings. The molecule has 2 heterocycles. The molecule has 0 amide bonds. The molecule has 0 aliphatic carbocycles. The van der Waals surface area contributed by atoms with E-state index in [1.807, 2.05) is 59.2 Å². The highest BCUT2D eigenvalue weighted by atomic mass is 15.1. The number of hydrogen-bond donors (Lipinski definition) is 0. The third-order valence-corrected chi connectivity index (χ3v) is 3.59. The van der Waals surface area contributed by atoms with Crippen molar-refractivity contribution < 1.29 is 0 Å². The second kappa shape index (κ2) is 5.85. The molecule has 2 aromatic heterocycles. The monoisotopic (exact) mass is 298 g/mol. The lowest BCUT2D eigenvalue weighted by Gasteiger charge is -2.04. The first-order valence-electron chi connectivity index (χ1n) is 7.39. The SMILES string of the molecule is C(=Cc1nc2ccccc2n1-c1cnccn1)c1ccccc1. The van der Waals surface area contributed by atoms with Crippen molar-refractivity contribution >= 4 is 23.2 Å². The number of para-hydroxylation sites is 2. The van der Waals surface area contributed by atoms with Crippen LogP contribution in [0, 0.1) is 0 Å². The van der Waals surface area contributed by atoms with Gasteiger partial charge in [-0.15, -0.1) is 0 Å². The number of hydrogen-bond acceptors (Lipinski definition) is 3. The van der Waals surface area contributed by atoms with Crippen molar-refractivity contribution in [3.8, 4) is 5.82 Å². The molecule has 23 heavy (non-hydrogen) atoms. The molecular formula is C19H14N4. The molecule has 2 aromatic carbocycles. The topological polar surface area (TPSA) is 43.6 Å². The quantitative estimate of drug-likeness (QED) is 0.574. The molecule has 4 aromatic rings. The fourth-order valence-corrected chi connectivity index (χ4v) is 2.54. The number of nitrogens with zero attached hydrogens (tertiary/aromatic N) is 4. The smallest absolute Gasteiger partial charge is 0.157 e. The Balaban J connectivity index is 1.88. The Morgan fingerprint density at radius 1 is 0.826 bits per heavy atom.